The Morgan fingerprint density at radius 2 is 1.82 bits per heavy atom. The summed E-state index contributed by atoms with van der Waals surface area (Å²) in [6, 6.07) is 0.372. The molecule has 34 heavy (non-hydrogen) atoms. The van der Waals surface area contributed by atoms with Gasteiger partial charge in [0.1, 0.15) is 0 Å². The van der Waals surface area contributed by atoms with Crippen LogP contribution in [0.4, 0.5) is 4.79 Å². The zero-order chi connectivity index (χ0) is 24.1. The van der Waals surface area contributed by atoms with E-state index in [1.165, 1.54) is 44.9 Å². The highest BCUT2D eigenvalue weighted by Crippen LogP contribution is 2.67. The Kier molecular flexibility index (Phi) is 6.78. The van der Waals surface area contributed by atoms with Gasteiger partial charge in [-0.25, -0.2) is 4.79 Å². The molecule has 2 N–H and O–H groups in total. The Bertz CT molecular complexity index is 796. The van der Waals surface area contributed by atoms with Crippen molar-refractivity contribution in [3.63, 3.8) is 0 Å². The van der Waals surface area contributed by atoms with E-state index >= 15 is 0 Å². The van der Waals surface area contributed by atoms with Crippen molar-refractivity contribution in [2.24, 2.45) is 45.6 Å². The van der Waals surface area contributed by atoms with Gasteiger partial charge in [0, 0.05) is 25.6 Å². The molecular weight excluding hydrogens is 426 g/mol. The predicted molar refractivity (Wildman–Crippen MR) is 134 cm³/mol. The van der Waals surface area contributed by atoms with Crippen LogP contribution in [0.3, 0.4) is 0 Å². The van der Waals surface area contributed by atoms with Crippen LogP contribution in [-0.2, 0) is 4.84 Å². The van der Waals surface area contributed by atoms with Crippen molar-refractivity contribution in [1.29, 1.82) is 0 Å². The highest BCUT2D eigenvalue weighted by molar-refractivity contribution is 5.85. The van der Waals surface area contributed by atoms with Crippen LogP contribution in [0.5, 0.6) is 0 Å². The summed E-state index contributed by atoms with van der Waals surface area (Å²) >= 11 is 0. The van der Waals surface area contributed by atoms with E-state index < -0.39 is 0 Å². The zero-order valence-corrected chi connectivity index (χ0v) is 21.9. The SMILES string of the molecule is C/C(=N\OC(=O)N(C)C[C@@H]1CCCN1)[C@H]1CC[C@H]2[C@@H]3CCC4C[C@@H](O)CC[C@]4(C)[C@H]3CC[C@]12C. The van der Waals surface area contributed by atoms with Crippen LogP contribution in [-0.4, -0.2) is 54.1 Å². The molecule has 192 valence electrons. The first-order chi connectivity index (χ1) is 16.2. The Morgan fingerprint density at radius 1 is 1.06 bits per heavy atom. The average Bonchev–Trinajstić information content (AvgIpc) is 3.44. The number of likely N-dealkylation sites (N-methyl/N-ethyl adjacent to an activating group) is 1. The molecule has 5 rings (SSSR count). The van der Waals surface area contributed by atoms with Gasteiger partial charge in [-0.05, 0) is 119 Å². The number of aliphatic hydroxyl groups is 1. The standard InChI is InChI=1S/C28H47N3O3/c1-18(30-34-26(33)31(4)17-20-6-5-15-29-20)23-9-10-24-22-8-7-19-16-21(32)11-13-27(19,2)25(22)12-14-28(23,24)3/h19-25,29,32H,5-17H2,1-4H3/b30-18+/t19?,20-,21-,22-,23+,24-,25-,27-,28+/m0/s1. The second-order valence-corrected chi connectivity index (χ2v) is 13.0. The average molecular weight is 474 g/mol. The molecule has 4 saturated carbocycles. The number of carbonyl (C=O) groups excluding carboxylic acids is 1. The molecule has 0 radical (unpaired) electrons. The number of amides is 1. The molecule has 5 aliphatic rings. The molecule has 6 nitrogen and oxygen atoms in total. The van der Waals surface area contributed by atoms with Crippen molar-refractivity contribution in [2.75, 3.05) is 20.1 Å². The third kappa shape index (κ3) is 4.21. The van der Waals surface area contributed by atoms with E-state index in [0.717, 1.165) is 55.7 Å². The largest absolute Gasteiger partial charge is 0.435 e. The van der Waals surface area contributed by atoms with E-state index in [-0.39, 0.29) is 17.6 Å². The smallest absolute Gasteiger partial charge is 0.393 e. The van der Waals surface area contributed by atoms with Crippen LogP contribution < -0.4 is 5.32 Å². The van der Waals surface area contributed by atoms with Crippen molar-refractivity contribution in [3.05, 3.63) is 0 Å². The van der Waals surface area contributed by atoms with Gasteiger partial charge in [-0.3, -0.25) is 4.84 Å². The highest BCUT2D eigenvalue weighted by atomic mass is 16.7. The van der Waals surface area contributed by atoms with Crippen molar-refractivity contribution in [1.82, 2.24) is 10.2 Å². The minimum atomic E-state index is -0.345. The lowest BCUT2D eigenvalue weighted by Gasteiger charge is -2.61. The minimum Gasteiger partial charge on any atom is -0.393 e. The molecule has 0 spiro atoms. The number of nitrogens with zero attached hydrogens (tertiary/aromatic N) is 2. The molecule has 1 unspecified atom stereocenters. The number of nitrogens with one attached hydrogen (secondary N) is 1. The van der Waals surface area contributed by atoms with Crippen LogP contribution >= 0.6 is 0 Å². The zero-order valence-electron chi connectivity index (χ0n) is 21.9. The maximum Gasteiger partial charge on any atom is 0.435 e. The minimum absolute atomic E-state index is 0.0746. The van der Waals surface area contributed by atoms with Crippen LogP contribution in [0.25, 0.3) is 0 Å². The van der Waals surface area contributed by atoms with E-state index in [1.54, 1.807) is 4.90 Å². The van der Waals surface area contributed by atoms with E-state index in [4.69, 9.17) is 4.84 Å². The summed E-state index contributed by atoms with van der Waals surface area (Å²) in [5, 5.41) is 18.1. The highest BCUT2D eigenvalue weighted by Gasteiger charge is 2.60. The summed E-state index contributed by atoms with van der Waals surface area (Å²) in [5.74, 6) is 3.48. The Hall–Kier alpha value is -1.14. The van der Waals surface area contributed by atoms with E-state index in [0.29, 0.717) is 29.8 Å². The van der Waals surface area contributed by atoms with Gasteiger partial charge >= 0.3 is 6.09 Å². The third-order valence-corrected chi connectivity index (χ3v) is 11.4. The Morgan fingerprint density at radius 3 is 2.59 bits per heavy atom. The molecule has 0 aromatic carbocycles. The van der Waals surface area contributed by atoms with Gasteiger partial charge in [-0.1, -0.05) is 19.0 Å². The van der Waals surface area contributed by atoms with E-state index in [2.05, 4.69) is 31.2 Å². The van der Waals surface area contributed by atoms with Gasteiger partial charge in [0.05, 0.1) is 11.8 Å². The predicted octanol–water partition coefficient (Wildman–Crippen LogP) is 5.20. The molecule has 0 aromatic heterocycles. The first-order valence-electron chi connectivity index (χ1n) is 14.1. The number of hydrogen-bond donors (Lipinski definition) is 2. The van der Waals surface area contributed by atoms with Gasteiger partial charge in [0.2, 0.25) is 0 Å². The first-order valence-corrected chi connectivity index (χ1v) is 14.1. The molecule has 1 aliphatic heterocycles. The fourth-order valence-corrected chi connectivity index (χ4v) is 9.48. The summed E-state index contributed by atoms with van der Waals surface area (Å²) in [5.41, 5.74) is 1.68. The van der Waals surface area contributed by atoms with Gasteiger partial charge in [-0.15, -0.1) is 0 Å². The normalized spacial score (nSPS) is 46.4. The molecule has 0 aromatic rings. The molecule has 1 heterocycles. The monoisotopic (exact) mass is 473 g/mol. The van der Waals surface area contributed by atoms with Gasteiger partial charge in [-0.2, -0.15) is 0 Å². The second-order valence-electron chi connectivity index (χ2n) is 13.0. The van der Waals surface area contributed by atoms with Crippen molar-refractivity contribution in [2.45, 2.75) is 104 Å². The molecule has 0 bridgehead atoms. The quantitative estimate of drug-likeness (QED) is 0.334. The van der Waals surface area contributed by atoms with Crippen molar-refractivity contribution >= 4 is 11.8 Å². The first kappa shape index (κ1) is 24.5. The van der Waals surface area contributed by atoms with Crippen LogP contribution in [0.15, 0.2) is 5.16 Å². The summed E-state index contributed by atoms with van der Waals surface area (Å²) in [4.78, 5) is 19.6. The number of fused-ring (bicyclic) bond motifs is 5. The molecule has 6 heteroatoms. The molecule has 5 fully saturated rings. The summed E-state index contributed by atoms with van der Waals surface area (Å²) < 4.78 is 0. The van der Waals surface area contributed by atoms with E-state index in [9.17, 15) is 9.90 Å². The molecule has 1 saturated heterocycles. The number of hydrogen-bond acceptors (Lipinski definition) is 5. The lowest BCUT2D eigenvalue weighted by Crippen LogP contribution is -2.54. The van der Waals surface area contributed by atoms with Gasteiger partial charge in [0.15, 0.2) is 0 Å². The molecule has 1 amide bonds. The van der Waals surface area contributed by atoms with Crippen LogP contribution in [0, 0.1) is 40.4 Å². The second kappa shape index (κ2) is 9.38. The van der Waals surface area contributed by atoms with Crippen LogP contribution in [0.1, 0.15) is 91.4 Å². The lowest BCUT2D eigenvalue weighted by atomic mass is 9.44. The van der Waals surface area contributed by atoms with E-state index in [1.807, 2.05) is 7.05 Å². The van der Waals surface area contributed by atoms with Gasteiger partial charge < -0.3 is 15.3 Å². The maximum absolute atomic E-state index is 12.5. The number of oxime groups is 1. The maximum atomic E-state index is 12.5. The summed E-state index contributed by atoms with van der Waals surface area (Å²) in [6.45, 7) is 8.85. The fraction of sp³-hybridized carbons (Fsp3) is 0.929. The molecule has 4 aliphatic carbocycles. The topological polar surface area (TPSA) is 74.2 Å². The summed E-state index contributed by atoms with van der Waals surface area (Å²) in [7, 11) is 1.81. The lowest BCUT2D eigenvalue weighted by molar-refractivity contribution is -0.123. The number of rotatable bonds is 4. The fourth-order valence-electron chi connectivity index (χ4n) is 9.48. The van der Waals surface area contributed by atoms with Crippen molar-refractivity contribution in [3.8, 4) is 0 Å². The third-order valence-electron chi connectivity index (χ3n) is 11.4. The molecular formula is C28H47N3O3. The molecule has 9 atom stereocenters. The summed E-state index contributed by atoms with van der Waals surface area (Å²) in [6.07, 6.45) is 12.7. The van der Waals surface area contributed by atoms with Crippen LogP contribution in [0.2, 0.25) is 0 Å². The number of carbonyl (C=O) groups is 1. The number of aliphatic hydroxyl groups excluding tert-OH is 1. The van der Waals surface area contributed by atoms with Gasteiger partial charge in [0.25, 0.3) is 0 Å². The Labute approximate surface area is 206 Å². The Balaban J connectivity index is 1.23. The van der Waals surface area contributed by atoms with Crippen molar-refractivity contribution < 1.29 is 14.7 Å².